The fraction of sp³-hybridized carbons (Fsp3) is 0.423. The van der Waals surface area contributed by atoms with E-state index in [1.54, 1.807) is 18.3 Å². The van der Waals surface area contributed by atoms with Crippen LogP contribution in [0.25, 0.3) is 6.08 Å². The van der Waals surface area contributed by atoms with Crippen molar-refractivity contribution in [1.29, 1.82) is 0 Å². The second-order valence-corrected chi connectivity index (χ2v) is 9.55. The predicted molar refractivity (Wildman–Crippen MR) is 137 cm³/mol. The van der Waals surface area contributed by atoms with Crippen LogP contribution >= 0.6 is 11.6 Å². The van der Waals surface area contributed by atoms with Gasteiger partial charge in [0, 0.05) is 48.9 Å². The third-order valence-electron chi connectivity index (χ3n) is 6.14. The molecule has 0 radical (unpaired) electrons. The van der Waals surface area contributed by atoms with Crippen molar-refractivity contribution in [2.45, 2.75) is 26.7 Å². The maximum absolute atomic E-state index is 11.7. The Bertz CT molecular complexity index is 1220. The van der Waals surface area contributed by atoms with Crippen LogP contribution in [0.4, 0.5) is 11.6 Å². The highest BCUT2D eigenvalue weighted by Crippen LogP contribution is 2.35. The monoisotopic (exact) mass is 484 g/mol. The number of nitrogens with one attached hydrogen (secondary N) is 1. The van der Waals surface area contributed by atoms with Crippen molar-refractivity contribution in [2.75, 3.05) is 43.5 Å². The van der Waals surface area contributed by atoms with Crippen LogP contribution in [0.5, 0.6) is 0 Å². The van der Waals surface area contributed by atoms with Gasteiger partial charge in [0.2, 0.25) is 5.95 Å². The molecule has 1 aromatic heterocycles. The summed E-state index contributed by atoms with van der Waals surface area (Å²) in [6.07, 6.45) is 4.98. The van der Waals surface area contributed by atoms with Gasteiger partial charge in [0.1, 0.15) is 5.76 Å². The molecule has 180 valence electrons. The number of carbonyl (C=O) groups is 1. The molecule has 0 spiro atoms. The van der Waals surface area contributed by atoms with Gasteiger partial charge in [-0.3, -0.25) is 4.79 Å². The number of hydrogen-bond acceptors (Lipinski definition) is 6. The smallest absolute Gasteiger partial charge is 0.257 e. The van der Waals surface area contributed by atoms with Crippen LogP contribution in [-0.4, -0.2) is 49.6 Å². The quantitative estimate of drug-likeness (QED) is 0.660. The van der Waals surface area contributed by atoms with Crippen molar-refractivity contribution in [2.24, 2.45) is 11.8 Å². The lowest BCUT2D eigenvalue weighted by atomic mass is 9.92. The van der Waals surface area contributed by atoms with Gasteiger partial charge in [-0.05, 0) is 42.0 Å². The van der Waals surface area contributed by atoms with E-state index in [9.17, 15) is 4.79 Å². The molecule has 1 aromatic carbocycles. The average Bonchev–Trinajstić information content (AvgIpc) is 2.82. The summed E-state index contributed by atoms with van der Waals surface area (Å²) in [5.74, 6) is 1.69. The van der Waals surface area contributed by atoms with Crippen LogP contribution in [0.15, 0.2) is 42.4 Å². The van der Waals surface area contributed by atoms with E-state index in [1.807, 2.05) is 12.1 Å². The molecule has 0 aliphatic carbocycles. The molecule has 1 saturated heterocycles. The summed E-state index contributed by atoms with van der Waals surface area (Å²) in [7, 11) is 1.50. The maximum atomic E-state index is 11.7. The molecule has 0 unspecified atom stereocenters. The molecule has 2 aliphatic rings. The summed E-state index contributed by atoms with van der Waals surface area (Å²) in [5, 5.41) is 2.96. The first-order valence-electron chi connectivity index (χ1n) is 12.9. The van der Waals surface area contributed by atoms with E-state index in [4.69, 9.17) is 25.4 Å². The number of rotatable bonds is 6. The molecule has 4 rings (SSSR count). The molecule has 0 saturated carbocycles. The fourth-order valence-corrected chi connectivity index (χ4v) is 4.70. The highest BCUT2D eigenvalue weighted by molar-refractivity contribution is 6.31. The summed E-state index contributed by atoms with van der Waals surface area (Å²) in [6, 6.07) is 5.49. The number of fused-ring (bicyclic) bond motifs is 1. The second-order valence-electron chi connectivity index (χ2n) is 9.14. The standard InChI is InChI=1S/C26H32ClN5O2/c1-16-8-17(2)14-32(13-16)26-29-12-21(27)22(30-26)10-19-6-7-23-20(9-19)11-24(18(3)31(23)5)34-15-25(33)28-4/h6-7,9,11-12,16-17H,3,8,10,13-15H2,1-2,4-5H3,(H,28,33)/t16-,17+/i5D3. The highest BCUT2D eigenvalue weighted by Gasteiger charge is 2.25. The van der Waals surface area contributed by atoms with Crippen LogP contribution in [-0.2, 0) is 16.0 Å². The number of nitrogens with zero attached hydrogens (tertiary/aromatic N) is 4. The zero-order valence-corrected chi connectivity index (χ0v) is 20.5. The number of benzene rings is 1. The van der Waals surface area contributed by atoms with Gasteiger partial charge in [0.25, 0.3) is 5.91 Å². The number of aromatic nitrogens is 2. The van der Waals surface area contributed by atoms with Crippen LogP contribution in [0, 0.1) is 11.8 Å². The SMILES string of the molecule is [2H]C([2H])([2H])N1C(=C)C(OCC(=O)NC)=Cc2cc(Cc3nc(N4C[C@H](C)C[C@H](C)C4)ncc3Cl)ccc21. The molecule has 2 atom stereocenters. The van der Waals surface area contributed by atoms with E-state index < -0.39 is 6.98 Å². The van der Waals surface area contributed by atoms with E-state index >= 15 is 0 Å². The molecule has 8 heteroatoms. The Kier molecular flexibility index (Phi) is 6.01. The molecule has 1 fully saturated rings. The van der Waals surface area contributed by atoms with Crippen molar-refractivity contribution in [3.63, 3.8) is 0 Å². The molecule has 34 heavy (non-hydrogen) atoms. The fourth-order valence-electron chi connectivity index (χ4n) is 4.54. The maximum Gasteiger partial charge on any atom is 0.257 e. The van der Waals surface area contributed by atoms with Gasteiger partial charge in [-0.25, -0.2) is 9.97 Å². The lowest BCUT2D eigenvalue weighted by Crippen LogP contribution is -2.39. The molecule has 1 N–H and O–H groups in total. The first-order valence-corrected chi connectivity index (χ1v) is 11.8. The minimum absolute atomic E-state index is 0.164. The Morgan fingerprint density at radius 1 is 1.35 bits per heavy atom. The van der Waals surface area contributed by atoms with Crippen molar-refractivity contribution in [1.82, 2.24) is 15.3 Å². The summed E-state index contributed by atoms with van der Waals surface area (Å²) < 4.78 is 29.7. The van der Waals surface area contributed by atoms with Crippen LogP contribution in [0.1, 0.15) is 41.2 Å². The number of amides is 1. The van der Waals surface area contributed by atoms with Crippen LogP contribution in [0.3, 0.4) is 0 Å². The second kappa shape index (κ2) is 10.1. The van der Waals surface area contributed by atoms with E-state index in [1.165, 1.54) is 13.5 Å². The molecule has 2 aromatic rings. The van der Waals surface area contributed by atoms with Gasteiger partial charge in [-0.1, -0.05) is 38.1 Å². The van der Waals surface area contributed by atoms with Crippen molar-refractivity contribution >= 4 is 35.2 Å². The van der Waals surface area contributed by atoms with Crippen LogP contribution < -0.4 is 15.1 Å². The first kappa shape index (κ1) is 20.3. The van der Waals surface area contributed by atoms with E-state index in [0.29, 0.717) is 46.2 Å². The third-order valence-corrected chi connectivity index (χ3v) is 6.45. The lowest BCUT2D eigenvalue weighted by molar-refractivity contribution is -0.123. The van der Waals surface area contributed by atoms with Crippen molar-refractivity contribution in [3.8, 4) is 0 Å². The minimum Gasteiger partial charge on any atom is -0.482 e. The Morgan fingerprint density at radius 3 is 2.82 bits per heavy atom. The summed E-state index contributed by atoms with van der Waals surface area (Å²) in [6.45, 7) is 7.46. The topological polar surface area (TPSA) is 70.6 Å². The summed E-state index contributed by atoms with van der Waals surface area (Å²) in [4.78, 5) is 24.4. The highest BCUT2D eigenvalue weighted by atomic mass is 35.5. The Balaban J connectivity index is 1.64. The third kappa shape index (κ3) is 5.20. The normalized spacial score (nSPS) is 21.7. The average molecular weight is 485 g/mol. The zero-order chi connectivity index (χ0) is 26.9. The van der Waals surface area contributed by atoms with E-state index in [-0.39, 0.29) is 24.0 Å². The zero-order valence-electron chi connectivity index (χ0n) is 22.8. The molecule has 7 nitrogen and oxygen atoms in total. The van der Waals surface area contributed by atoms with Crippen molar-refractivity contribution in [3.05, 3.63) is 64.3 Å². The van der Waals surface area contributed by atoms with E-state index in [2.05, 4.69) is 35.6 Å². The predicted octanol–water partition coefficient (Wildman–Crippen LogP) is 4.27. The number of carbonyl (C=O) groups excluding carboxylic acids is 1. The number of piperidine rings is 1. The molecular formula is C26H32ClN5O2. The number of hydrogen-bond donors (Lipinski definition) is 1. The molecule has 0 bridgehead atoms. The number of likely N-dealkylation sites (N-methyl/N-ethyl adjacent to an activating group) is 2. The molecular weight excluding hydrogens is 450 g/mol. The van der Waals surface area contributed by atoms with Gasteiger partial charge >= 0.3 is 0 Å². The van der Waals surface area contributed by atoms with Crippen molar-refractivity contribution < 1.29 is 13.6 Å². The first-order chi connectivity index (χ1) is 17.5. The van der Waals surface area contributed by atoms with Gasteiger partial charge in [0.15, 0.2) is 6.61 Å². The number of anilines is 2. The van der Waals surface area contributed by atoms with Gasteiger partial charge in [-0.2, -0.15) is 0 Å². The Labute approximate surface area is 210 Å². The van der Waals surface area contributed by atoms with Crippen LogP contribution in [0.2, 0.25) is 5.02 Å². The molecule has 3 heterocycles. The number of ether oxygens (including phenoxy) is 1. The Morgan fingerprint density at radius 2 is 2.12 bits per heavy atom. The lowest BCUT2D eigenvalue weighted by Gasteiger charge is -2.35. The van der Waals surface area contributed by atoms with E-state index in [0.717, 1.165) is 23.6 Å². The molecule has 2 aliphatic heterocycles. The van der Waals surface area contributed by atoms with Gasteiger partial charge in [0.05, 0.1) is 22.6 Å². The number of halogens is 1. The van der Waals surface area contributed by atoms with Gasteiger partial charge in [-0.15, -0.1) is 0 Å². The summed E-state index contributed by atoms with van der Waals surface area (Å²) >= 11 is 6.49. The minimum atomic E-state index is -2.49. The summed E-state index contributed by atoms with van der Waals surface area (Å²) in [5.41, 5.74) is 2.87. The largest absolute Gasteiger partial charge is 0.482 e. The molecule has 1 amide bonds. The van der Waals surface area contributed by atoms with Gasteiger partial charge < -0.3 is 19.9 Å². The Hall–Kier alpha value is -3.06.